The summed E-state index contributed by atoms with van der Waals surface area (Å²) in [6.07, 6.45) is 1.76. The summed E-state index contributed by atoms with van der Waals surface area (Å²) in [5, 5.41) is 8.23. The first-order chi connectivity index (χ1) is 8.30. The van der Waals surface area contributed by atoms with Gasteiger partial charge in [0.2, 0.25) is 10.0 Å². The summed E-state index contributed by atoms with van der Waals surface area (Å²) in [6.45, 7) is 4.75. The summed E-state index contributed by atoms with van der Waals surface area (Å²) in [4.78, 5) is 0.109. The highest BCUT2D eigenvalue weighted by molar-refractivity contribution is 7.89. The molecule has 5 nitrogen and oxygen atoms in total. The molecule has 0 unspecified atom stereocenters. The molecule has 0 heterocycles. The monoisotopic (exact) mass is 271 g/mol. The van der Waals surface area contributed by atoms with E-state index >= 15 is 0 Å². The smallest absolute Gasteiger partial charge is 0.238 e. The lowest BCUT2D eigenvalue weighted by molar-refractivity contribution is 0.418. The fourth-order valence-corrected chi connectivity index (χ4v) is 2.06. The number of hydrogen-bond donors (Lipinski definition) is 3. The Morgan fingerprint density at radius 1 is 1.17 bits per heavy atom. The maximum atomic E-state index is 11.1. The minimum Gasteiger partial charge on any atom is -0.383 e. The molecular weight excluding hydrogens is 250 g/mol. The first-order valence-corrected chi connectivity index (χ1v) is 7.51. The van der Waals surface area contributed by atoms with Gasteiger partial charge in [-0.1, -0.05) is 13.8 Å². The van der Waals surface area contributed by atoms with Crippen LogP contribution in [0.25, 0.3) is 0 Å². The van der Waals surface area contributed by atoms with E-state index in [4.69, 9.17) is 10.9 Å². The molecule has 6 heteroatoms. The van der Waals surface area contributed by atoms with Crippen LogP contribution in [0.15, 0.2) is 29.2 Å². The summed E-state index contributed by atoms with van der Waals surface area (Å²) in [5.74, 6) is 0. The molecule has 0 aliphatic carbocycles. The highest BCUT2D eigenvalue weighted by atomic mass is 32.2. The number of anilines is 1. The first-order valence-electron chi connectivity index (χ1n) is 5.96. The molecule has 0 aliphatic rings. The van der Waals surface area contributed by atoms with Gasteiger partial charge < -0.3 is 11.1 Å². The molecule has 1 aromatic rings. The van der Waals surface area contributed by atoms with Crippen molar-refractivity contribution in [3.05, 3.63) is 24.3 Å². The zero-order valence-corrected chi connectivity index (χ0v) is 11.6. The molecule has 0 fully saturated rings. The average molecular weight is 271 g/mol. The largest absolute Gasteiger partial charge is 0.383 e. The highest BCUT2D eigenvalue weighted by Gasteiger charge is 2.19. The van der Waals surface area contributed by atoms with Gasteiger partial charge >= 0.3 is 0 Å². The third kappa shape index (κ3) is 3.97. The standard InChI is InChI=1S/C12H21N3O2S/c1-3-12(13,4-2)9-15-10-5-7-11(8-6-10)18(14,16)17/h5-8,15H,3-4,9,13H2,1-2H3,(H2,14,16,17). The third-order valence-corrected chi connectivity index (χ3v) is 4.16. The second-order valence-corrected chi connectivity index (χ2v) is 6.05. The molecule has 0 aliphatic heterocycles. The van der Waals surface area contributed by atoms with Gasteiger partial charge in [-0.05, 0) is 37.1 Å². The van der Waals surface area contributed by atoms with Crippen LogP contribution in [-0.2, 0) is 10.0 Å². The van der Waals surface area contributed by atoms with Gasteiger partial charge in [0.05, 0.1) is 4.90 Å². The Morgan fingerprint density at radius 3 is 2.06 bits per heavy atom. The quantitative estimate of drug-likeness (QED) is 0.725. The van der Waals surface area contributed by atoms with Crippen LogP contribution in [0.2, 0.25) is 0 Å². The second kappa shape index (κ2) is 5.69. The molecule has 0 bridgehead atoms. The average Bonchev–Trinajstić information content (AvgIpc) is 2.35. The van der Waals surface area contributed by atoms with E-state index in [2.05, 4.69) is 19.2 Å². The van der Waals surface area contributed by atoms with Crippen LogP contribution in [0.3, 0.4) is 0 Å². The first kappa shape index (κ1) is 14.9. The van der Waals surface area contributed by atoms with E-state index < -0.39 is 10.0 Å². The minimum absolute atomic E-state index is 0.109. The van der Waals surface area contributed by atoms with E-state index in [1.807, 2.05) is 0 Å². The Balaban J connectivity index is 2.71. The molecular formula is C12H21N3O2S. The van der Waals surface area contributed by atoms with Crippen LogP contribution in [0, 0.1) is 0 Å². The predicted octanol–water partition coefficient (Wildman–Crippen LogP) is 1.26. The van der Waals surface area contributed by atoms with E-state index in [1.54, 1.807) is 12.1 Å². The number of benzene rings is 1. The SMILES string of the molecule is CCC(N)(CC)CNc1ccc(S(N)(=O)=O)cc1. The number of hydrogen-bond acceptors (Lipinski definition) is 4. The molecule has 0 saturated heterocycles. The van der Waals surface area contributed by atoms with E-state index in [1.165, 1.54) is 12.1 Å². The van der Waals surface area contributed by atoms with Crippen LogP contribution in [0.4, 0.5) is 5.69 Å². The molecule has 0 radical (unpaired) electrons. The van der Waals surface area contributed by atoms with Crippen molar-refractivity contribution in [2.75, 3.05) is 11.9 Å². The summed E-state index contributed by atoms with van der Waals surface area (Å²) in [5.41, 5.74) is 6.76. The Hall–Kier alpha value is -1.11. The molecule has 1 aromatic carbocycles. The third-order valence-electron chi connectivity index (χ3n) is 3.24. The molecule has 0 saturated carbocycles. The number of nitrogens with two attached hydrogens (primary N) is 2. The molecule has 0 amide bonds. The molecule has 0 spiro atoms. The van der Waals surface area contributed by atoms with Crippen molar-refractivity contribution in [2.24, 2.45) is 10.9 Å². The number of sulfonamides is 1. The number of primary sulfonamides is 1. The van der Waals surface area contributed by atoms with Crippen LogP contribution in [-0.4, -0.2) is 20.5 Å². The second-order valence-electron chi connectivity index (χ2n) is 4.49. The maximum Gasteiger partial charge on any atom is 0.238 e. The van der Waals surface area contributed by atoms with Crippen molar-refractivity contribution in [1.82, 2.24) is 0 Å². The van der Waals surface area contributed by atoms with Crippen LogP contribution < -0.4 is 16.2 Å². The zero-order valence-electron chi connectivity index (χ0n) is 10.8. The molecule has 5 N–H and O–H groups in total. The van der Waals surface area contributed by atoms with Gasteiger partial charge in [0.15, 0.2) is 0 Å². The van der Waals surface area contributed by atoms with Crippen molar-refractivity contribution >= 4 is 15.7 Å². The molecule has 1 rings (SSSR count). The summed E-state index contributed by atoms with van der Waals surface area (Å²) in [6, 6.07) is 6.33. The van der Waals surface area contributed by atoms with Gasteiger partial charge in [0.1, 0.15) is 0 Å². The Bertz CT molecular complexity index is 479. The van der Waals surface area contributed by atoms with E-state index in [9.17, 15) is 8.42 Å². The lowest BCUT2D eigenvalue weighted by atomic mass is 9.94. The Kier molecular flexibility index (Phi) is 4.72. The molecule has 18 heavy (non-hydrogen) atoms. The van der Waals surface area contributed by atoms with E-state index in [0.717, 1.165) is 18.5 Å². The Morgan fingerprint density at radius 2 is 1.67 bits per heavy atom. The normalized spacial score (nSPS) is 12.4. The summed E-state index contributed by atoms with van der Waals surface area (Å²) >= 11 is 0. The molecule has 0 aromatic heterocycles. The van der Waals surface area contributed by atoms with E-state index in [-0.39, 0.29) is 10.4 Å². The molecule has 0 atom stereocenters. The number of nitrogens with one attached hydrogen (secondary N) is 1. The van der Waals surface area contributed by atoms with Crippen molar-refractivity contribution in [3.63, 3.8) is 0 Å². The van der Waals surface area contributed by atoms with Gasteiger partial charge in [-0.2, -0.15) is 0 Å². The fraction of sp³-hybridized carbons (Fsp3) is 0.500. The molecule has 102 valence electrons. The van der Waals surface area contributed by atoms with Crippen molar-refractivity contribution in [2.45, 2.75) is 37.1 Å². The lowest BCUT2D eigenvalue weighted by Crippen LogP contribution is -2.45. The lowest BCUT2D eigenvalue weighted by Gasteiger charge is -2.27. The minimum atomic E-state index is -3.62. The highest BCUT2D eigenvalue weighted by Crippen LogP contribution is 2.16. The van der Waals surface area contributed by atoms with Gasteiger partial charge in [0.25, 0.3) is 0 Å². The van der Waals surface area contributed by atoms with Gasteiger partial charge in [-0.3, -0.25) is 0 Å². The summed E-state index contributed by atoms with van der Waals surface area (Å²) < 4.78 is 22.2. The van der Waals surface area contributed by atoms with Crippen molar-refractivity contribution in [1.29, 1.82) is 0 Å². The fourth-order valence-electron chi connectivity index (χ4n) is 1.54. The van der Waals surface area contributed by atoms with Crippen molar-refractivity contribution < 1.29 is 8.42 Å². The van der Waals surface area contributed by atoms with Crippen LogP contribution >= 0.6 is 0 Å². The number of rotatable bonds is 6. The van der Waals surface area contributed by atoms with E-state index in [0.29, 0.717) is 6.54 Å². The predicted molar refractivity (Wildman–Crippen MR) is 73.8 cm³/mol. The van der Waals surface area contributed by atoms with Crippen LogP contribution in [0.5, 0.6) is 0 Å². The Labute approximate surface area is 109 Å². The summed E-state index contributed by atoms with van der Waals surface area (Å²) in [7, 11) is -3.62. The topological polar surface area (TPSA) is 98.2 Å². The zero-order chi connectivity index (χ0) is 13.8. The van der Waals surface area contributed by atoms with Crippen molar-refractivity contribution in [3.8, 4) is 0 Å². The van der Waals surface area contributed by atoms with Gasteiger partial charge in [-0.15, -0.1) is 0 Å². The van der Waals surface area contributed by atoms with Gasteiger partial charge in [0, 0.05) is 17.8 Å². The van der Waals surface area contributed by atoms with Gasteiger partial charge in [-0.25, -0.2) is 13.6 Å². The maximum absolute atomic E-state index is 11.1. The van der Waals surface area contributed by atoms with Crippen LogP contribution in [0.1, 0.15) is 26.7 Å².